The highest BCUT2D eigenvalue weighted by molar-refractivity contribution is 7.99. The minimum atomic E-state index is -0.532. The van der Waals surface area contributed by atoms with Crippen molar-refractivity contribution in [2.24, 2.45) is 5.73 Å². The molecule has 0 aromatic heterocycles. The van der Waals surface area contributed by atoms with Crippen molar-refractivity contribution < 1.29 is 14.3 Å². The predicted molar refractivity (Wildman–Crippen MR) is 88.0 cm³/mol. The second kappa shape index (κ2) is 9.68. The molecule has 21 heavy (non-hydrogen) atoms. The Balaban J connectivity index is 2.13. The molecule has 118 valence electrons. The Bertz CT molecular complexity index is 431. The summed E-state index contributed by atoms with van der Waals surface area (Å²) in [6.07, 6.45) is 0.924. The van der Waals surface area contributed by atoms with Gasteiger partial charge in [-0.15, -0.1) is 0 Å². The van der Waals surface area contributed by atoms with Gasteiger partial charge in [-0.25, -0.2) is 0 Å². The van der Waals surface area contributed by atoms with Crippen molar-refractivity contribution in [3.8, 4) is 5.75 Å². The third-order valence-electron chi connectivity index (χ3n) is 2.78. The third-order valence-corrected chi connectivity index (χ3v) is 3.96. The molecule has 0 spiro atoms. The van der Waals surface area contributed by atoms with Crippen LogP contribution in [-0.4, -0.2) is 36.7 Å². The highest BCUT2D eigenvalue weighted by Crippen LogP contribution is 2.16. The summed E-state index contributed by atoms with van der Waals surface area (Å²) >= 11 is 1.65. The molecular formula is C16H25NO3S. The Morgan fingerprint density at radius 1 is 1.29 bits per heavy atom. The van der Waals surface area contributed by atoms with Crippen molar-refractivity contribution >= 4 is 17.7 Å². The Morgan fingerprint density at radius 3 is 2.57 bits per heavy atom. The third kappa shape index (κ3) is 7.39. The first kappa shape index (κ1) is 17.9. The van der Waals surface area contributed by atoms with Gasteiger partial charge in [0, 0.05) is 5.75 Å². The molecule has 0 bridgehead atoms. The van der Waals surface area contributed by atoms with Crippen LogP contribution < -0.4 is 10.5 Å². The van der Waals surface area contributed by atoms with Gasteiger partial charge in [-0.1, -0.05) is 6.07 Å². The van der Waals surface area contributed by atoms with Crippen LogP contribution in [0.2, 0.25) is 0 Å². The number of carbonyl (C=O) groups is 1. The van der Waals surface area contributed by atoms with E-state index in [1.165, 1.54) is 11.1 Å². The molecule has 4 nitrogen and oxygen atoms in total. The van der Waals surface area contributed by atoms with Gasteiger partial charge in [0.1, 0.15) is 11.8 Å². The van der Waals surface area contributed by atoms with E-state index in [4.69, 9.17) is 15.2 Å². The molecule has 0 amide bonds. The van der Waals surface area contributed by atoms with Gasteiger partial charge in [-0.2, -0.15) is 11.8 Å². The first-order valence-corrected chi connectivity index (χ1v) is 8.39. The van der Waals surface area contributed by atoms with E-state index in [1.54, 1.807) is 18.7 Å². The lowest BCUT2D eigenvalue weighted by molar-refractivity contribution is -0.144. The summed E-state index contributed by atoms with van der Waals surface area (Å²) < 4.78 is 10.6. The lowest BCUT2D eigenvalue weighted by Crippen LogP contribution is -2.34. The number of ether oxygens (including phenoxy) is 2. The molecule has 1 aromatic carbocycles. The quantitative estimate of drug-likeness (QED) is 0.561. The minimum absolute atomic E-state index is 0.323. The Kier molecular flexibility index (Phi) is 8.23. The summed E-state index contributed by atoms with van der Waals surface area (Å²) in [7, 11) is 0. The zero-order valence-corrected chi connectivity index (χ0v) is 13.9. The van der Waals surface area contributed by atoms with E-state index in [0.717, 1.165) is 17.9 Å². The highest BCUT2D eigenvalue weighted by Gasteiger charge is 2.13. The van der Waals surface area contributed by atoms with Crippen LogP contribution in [0, 0.1) is 13.8 Å². The molecule has 0 saturated heterocycles. The van der Waals surface area contributed by atoms with Crippen LogP contribution in [0.15, 0.2) is 18.2 Å². The van der Waals surface area contributed by atoms with Crippen molar-refractivity contribution in [1.82, 2.24) is 0 Å². The Labute approximate surface area is 131 Å². The number of benzene rings is 1. The van der Waals surface area contributed by atoms with Crippen LogP contribution in [0.1, 0.15) is 24.5 Å². The monoisotopic (exact) mass is 311 g/mol. The topological polar surface area (TPSA) is 61.5 Å². The smallest absolute Gasteiger partial charge is 0.323 e. The van der Waals surface area contributed by atoms with Crippen molar-refractivity contribution in [2.45, 2.75) is 33.2 Å². The first-order chi connectivity index (χ1) is 10.0. The van der Waals surface area contributed by atoms with Crippen molar-refractivity contribution in [3.63, 3.8) is 0 Å². The summed E-state index contributed by atoms with van der Waals surface area (Å²) in [6.45, 7) is 6.95. The summed E-state index contributed by atoms with van der Waals surface area (Å²) in [6, 6.07) is 5.67. The summed E-state index contributed by atoms with van der Waals surface area (Å²) in [5.41, 5.74) is 8.13. The van der Waals surface area contributed by atoms with Gasteiger partial charge in [0.15, 0.2) is 0 Å². The Hall–Kier alpha value is -1.20. The van der Waals surface area contributed by atoms with E-state index in [2.05, 4.69) is 19.9 Å². The van der Waals surface area contributed by atoms with Gasteiger partial charge < -0.3 is 15.2 Å². The second-order valence-electron chi connectivity index (χ2n) is 4.96. The van der Waals surface area contributed by atoms with E-state index >= 15 is 0 Å². The molecule has 0 aliphatic rings. The summed E-state index contributed by atoms with van der Waals surface area (Å²) in [4.78, 5) is 11.3. The number of nitrogens with two attached hydrogens (primary N) is 1. The molecule has 0 saturated carbocycles. The number of hydrogen-bond acceptors (Lipinski definition) is 5. The molecule has 0 fully saturated rings. The van der Waals surface area contributed by atoms with E-state index in [1.807, 2.05) is 12.1 Å². The first-order valence-electron chi connectivity index (χ1n) is 7.24. The summed E-state index contributed by atoms with van der Waals surface area (Å²) in [5, 5.41) is 0. The fourth-order valence-electron chi connectivity index (χ4n) is 1.89. The van der Waals surface area contributed by atoms with Gasteiger partial charge in [0.2, 0.25) is 0 Å². The maximum atomic E-state index is 11.3. The van der Waals surface area contributed by atoms with Crippen LogP contribution in [0.3, 0.4) is 0 Å². The predicted octanol–water partition coefficient (Wildman–Crippen LogP) is 2.70. The molecule has 2 N–H and O–H groups in total. The van der Waals surface area contributed by atoms with Gasteiger partial charge in [0.05, 0.1) is 13.2 Å². The van der Waals surface area contributed by atoms with Gasteiger partial charge >= 0.3 is 5.97 Å². The van der Waals surface area contributed by atoms with Gasteiger partial charge in [0.25, 0.3) is 0 Å². The van der Waals surface area contributed by atoms with E-state index in [9.17, 15) is 4.79 Å². The molecule has 1 unspecified atom stereocenters. The lowest BCUT2D eigenvalue weighted by atomic mass is 10.1. The molecule has 1 aromatic rings. The van der Waals surface area contributed by atoms with Crippen molar-refractivity contribution in [3.05, 3.63) is 29.3 Å². The number of rotatable bonds is 9. The van der Waals surface area contributed by atoms with E-state index < -0.39 is 6.04 Å². The fourth-order valence-corrected chi connectivity index (χ4v) is 2.77. The molecule has 0 heterocycles. The van der Waals surface area contributed by atoms with Crippen molar-refractivity contribution in [2.75, 3.05) is 24.7 Å². The largest absolute Gasteiger partial charge is 0.494 e. The molecule has 1 rings (SSSR count). The molecule has 5 heteroatoms. The number of carbonyl (C=O) groups excluding carboxylic acids is 1. The number of aryl methyl sites for hydroxylation is 2. The average Bonchev–Trinajstić information content (AvgIpc) is 2.41. The molecule has 0 aliphatic carbocycles. The second-order valence-corrected chi connectivity index (χ2v) is 6.11. The zero-order valence-electron chi connectivity index (χ0n) is 13.1. The average molecular weight is 311 g/mol. The normalized spacial score (nSPS) is 12.0. The maximum Gasteiger partial charge on any atom is 0.323 e. The SMILES string of the molecule is CCOC(=O)C(N)CSCCCOc1cc(C)cc(C)c1. The van der Waals surface area contributed by atoms with Crippen LogP contribution in [0.5, 0.6) is 5.75 Å². The van der Waals surface area contributed by atoms with Crippen LogP contribution in [-0.2, 0) is 9.53 Å². The maximum absolute atomic E-state index is 11.3. The number of hydrogen-bond donors (Lipinski definition) is 1. The van der Waals surface area contributed by atoms with Gasteiger partial charge in [-0.3, -0.25) is 4.79 Å². The van der Waals surface area contributed by atoms with Crippen LogP contribution in [0.4, 0.5) is 0 Å². The fraction of sp³-hybridized carbons (Fsp3) is 0.562. The van der Waals surface area contributed by atoms with Crippen molar-refractivity contribution in [1.29, 1.82) is 0 Å². The molecular weight excluding hydrogens is 286 g/mol. The number of thioether (sulfide) groups is 1. The van der Waals surface area contributed by atoms with E-state index in [0.29, 0.717) is 19.0 Å². The molecule has 0 aliphatic heterocycles. The molecule has 1 atom stereocenters. The summed E-state index contributed by atoms with van der Waals surface area (Å²) in [5.74, 6) is 2.09. The van der Waals surface area contributed by atoms with E-state index in [-0.39, 0.29) is 5.97 Å². The minimum Gasteiger partial charge on any atom is -0.494 e. The standard InChI is InChI=1S/C16H25NO3S/c1-4-19-16(18)15(17)11-21-7-5-6-20-14-9-12(2)8-13(3)10-14/h8-10,15H,4-7,11,17H2,1-3H3. The highest BCUT2D eigenvalue weighted by atomic mass is 32.2. The zero-order chi connectivity index (χ0) is 15.7. The molecule has 0 radical (unpaired) electrons. The lowest BCUT2D eigenvalue weighted by Gasteiger charge is -2.10. The number of esters is 1. The van der Waals surface area contributed by atoms with Gasteiger partial charge in [-0.05, 0) is 56.2 Å². The Morgan fingerprint density at radius 2 is 1.95 bits per heavy atom. The van der Waals surface area contributed by atoms with Crippen LogP contribution in [0.25, 0.3) is 0 Å². The van der Waals surface area contributed by atoms with Crippen LogP contribution >= 0.6 is 11.8 Å².